The number of nitrogens with zero attached hydrogens (tertiary/aromatic N) is 2. The largest absolute Gasteiger partial charge is 0.325 e. The van der Waals surface area contributed by atoms with E-state index in [0.29, 0.717) is 11.7 Å². The molecule has 1 N–H and O–H groups in total. The lowest BCUT2D eigenvalue weighted by Gasteiger charge is -2.11. The molecule has 0 spiro atoms. The van der Waals surface area contributed by atoms with Crippen molar-refractivity contribution in [3.05, 3.63) is 45.6 Å². The first-order chi connectivity index (χ1) is 12.9. The van der Waals surface area contributed by atoms with Crippen LogP contribution in [0.2, 0.25) is 0 Å². The molecule has 1 aromatic carbocycles. The Hall–Kier alpha value is -1.92. The van der Waals surface area contributed by atoms with Crippen molar-refractivity contribution in [2.75, 3.05) is 11.1 Å². The molecule has 0 bridgehead atoms. The van der Waals surface area contributed by atoms with E-state index in [2.05, 4.69) is 19.2 Å². The zero-order chi connectivity index (χ0) is 19.1. The maximum absolute atomic E-state index is 12.6. The Morgan fingerprint density at radius 1 is 1.19 bits per heavy atom. The average molecular weight is 398 g/mol. The van der Waals surface area contributed by atoms with Gasteiger partial charge in [0, 0.05) is 21.9 Å². The van der Waals surface area contributed by atoms with Gasteiger partial charge in [-0.3, -0.25) is 4.79 Å². The normalized spacial score (nSPS) is 13.9. The molecular weight excluding hydrogens is 374 g/mol. The predicted octanol–water partition coefficient (Wildman–Crippen LogP) is 5.53. The summed E-state index contributed by atoms with van der Waals surface area (Å²) in [6.07, 6.45) is 2.35. The van der Waals surface area contributed by atoms with E-state index in [1.807, 2.05) is 32.0 Å². The first-order valence-corrected chi connectivity index (χ1v) is 11.0. The van der Waals surface area contributed by atoms with Crippen LogP contribution in [-0.2, 0) is 4.79 Å². The van der Waals surface area contributed by atoms with E-state index < -0.39 is 0 Å². The van der Waals surface area contributed by atoms with Gasteiger partial charge in [-0.1, -0.05) is 30.0 Å². The third kappa shape index (κ3) is 3.73. The number of thiophene rings is 1. The quantitative estimate of drug-likeness (QED) is 0.454. The van der Waals surface area contributed by atoms with Gasteiger partial charge >= 0.3 is 0 Å². The maximum Gasteiger partial charge on any atom is 0.234 e. The number of amides is 1. The summed E-state index contributed by atoms with van der Waals surface area (Å²) in [6.45, 7) is 8.28. The second kappa shape index (κ2) is 7.24. The molecule has 1 fully saturated rings. The second-order valence-corrected chi connectivity index (χ2v) is 9.40. The monoisotopic (exact) mass is 397 g/mol. The molecule has 0 saturated heterocycles. The van der Waals surface area contributed by atoms with Gasteiger partial charge in [0.15, 0.2) is 0 Å². The Labute approximate surface area is 167 Å². The number of hydrogen-bond donors (Lipinski definition) is 1. The molecule has 3 aromatic rings. The Morgan fingerprint density at radius 2 is 1.89 bits per heavy atom. The summed E-state index contributed by atoms with van der Waals surface area (Å²) < 4.78 is 0. The highest BCUT2D eigenvalue weighted by Gasteiger charge is 2.28. The molecule has 1 saturated carbocycles. The van der Waals surface area contributed by atoms with E-state index >= 15 is 0 Å². The summed E-state index contributed by atoms with van der Waals surface area (Å²) in [4.78, 5) is 24.5. The van der Waals surface area contributed by atoms with Gasteiger partial charge in [0.25, 0.3) is 0 Å². The first kappa shape index (κ1) is 18.4. The van der Waals surface area contributed by atoms with Crippen LogP contribution in [0.4, 0.5) is 5.69 Å². The molecule has 6 heteroatoms. The van der Waals surface area contributed by atoms with Crippen molar-refractivity contribution in [1.29, 1.82) is 0 Å². The molecule has 1 aliphatic carbocycles. The zero-order valence-electron chi connectivity index (χ0n) is 16.0. The van der Waals surface area contributed by atoms with Gasteiger partial charge < -0.3 is 5.32 Å². The summed E-state index contributed by atoms with van der Waals surface area (Å²) in [5.74, 6) is 1.79. The van der Waals surface area contributed by atoms with E-state index in [9.17, 15) is 4.79 Å². The summed E-state index contributed by atoms with van der Waals surface area (Å²) in [6, 6.07) is 6.04. The van der Waals surface area contributed by atoms with Crippen LogP contribution in [0.25, 0.3) is 10.2 Å². The van der Waals surface area contributed by atoms with Gasteiger partial charge in [-0.05, 0) is 57.2 Å². The Morgan fingerprint density at radius 3 is 2.56 bits per heavy atom. The molecular formula is C21H23N3OS2. The summed E-state index contributed by atoms with van der Waals surface area (Å²) in [5, 5.41) is 5.13. The highest BCUT2D eigenvalue weighted by Crippen LogP contribution is 2.42. The van der Waals surface area contributed by atoms with Gasteiger partial charge in [-0.25, -0.2) is 9.97 Å². The van der Waals surface area contributed by atoms with Crippen molar-refractivity contribution in [2.24, 2.45) is 0 Å². The van der Waals surface area contributed by atoms with Gasteiger partial charge in [-0.15, -0.1) is 11.3 Å². The van der Waals surface area contributed by atoms with E-state index in [1.54, 1.807) is 11.3 Å². The van der Waals surface area contributed by atoms with E-state index in [1.165, 1.54) is 35.0 Å². The third-order valence-corrected chi connectivity index (χ3v) is 7.12. The second-order valence-electron chi connectivity index (χ2n) is 7.23. The van der Waals surface area contributed by atoms with Crippen LogP contribution in [0, 0.1) is 27.7 Å². The number of thioether (sulfide) groups is 1. The van der Waals surface area contributed by atoms with Crippen LogP contribution in [0.3, 0.4) is 0 Å². The Bertz CT molecular complexity index is 1020. The van der Waals surface area contributed by atoms with Crippen molar-refractivity contribution >= 4 is 44.9 Å². The van der Waals surface area contributed by atoms with Gasteiger partial charge in [0.05, 0.1) is 5.75 Å². The van der Waals surface area contributed by atoms with Crippen LogP contribution in [0.1, 0.15) is 46.2 Å². The van der Waals surface area contributed by atoms with Crippen molar-refractivity contribution < 1.29 is 4.79 Å². The molecule has 27 heavy (non-hydrogen) atoms. The number of carbonyl (C=O) groups excluding carboxylic acids is 1. The van der Waals surface area contributed by atoms with Crippen molar-refractivity contribution in [2.45, 2.75) is 51.5 Å². The van der Waals surface area contributed by atoms with Crippen LogP contribution < -0.4 is 5.32 Å². The summed E-state index contributed by atoms with van der Waals surface area (Å²) >= 11 is 3.25. The molecule has 0 radical (unpaired) electrons. The topological polar surface area (TPSA) is 54.9 Å². The number of hydrogen-bond acceptors (Lipinski definition) is 5. The molecule has 1 amide bonds. The fourth-order valence-electron chi connectivity index (χ4n) is 3.18. The smallest absolute Gasteiger partial charge is 0.234 e. The first-order valence-electron chi connectivity index (χ1n) is 9.20. The number of anilines is 1. The molecule has 0 atom stereocenters. The van der Waals surface area contributed by atoms with E-state index in [-0.39, 0.29) is 5.91 Å². The third-order valence-electron chi connectivity index (χ3n) is 5.04. The molecule has 1 aliphatic rings. The maximum atomic E-state index is 12.6. The molecule has 4 nitrogen and oxygen atoms in total. The molecule has 4 rings (SSSR count). The lowest BCUT2D eigenvalue weighted by atomic mass is 10.1. The predicted molar refractivity (Wildman–Crippen MR) is 114 cm³/mol. The SMILES string of the molecule is Cc1cccc(C)c1NC(=O)CSc1nc(C2CC2)nc2sc(C)c(C)c12. The number of nitrogens with one attached hydrogen (secondary N) is 1. The van der Waals surface area contributed by atoms with Crippen molar-refractivity contribution in [3.63, 3.8) is 0 Å². The van der Waals surface area contributed by atoms with Crippen LogP contribution in [-0.4, -0.2) is 21.6 Å². The van der Waals surface area contributed by atoms with Crippen molar-refractivity contribution in [1.82, 2.24) is 9.97 Å². The van der Waals surface area contributed by atoms with Gasteiger partial charge in [-0.2, -0.15) is 0 Å². The van der Waals surface area contributed by atoms with Crippen LogP contribution in [0.15, 0.2) is 23.2 Å². The number of aryl methyl sites for hydroxylation is 4. The molecule has 140 valence electrons. The number of fused-ring (bicyclic) bond motifs is 1. The fourth-order valence-corrected chi connectivity index (χ4v) is 5.17. The van der Waals surface area contributed by atoms with Gasteiger partial charge in [0.2, 0.25) is 5.91 Å². The van der Waals surface area contributed by atoms with Crippen molar-refractivity contribution in [3.8, 4) is 0 Å². The molecule has 2 heterocycles. The minimum absolute atomic E-state index is 0.00161. The number of benzene rings is 1. The standard InChI is InChI=1S/C21H23N3OS2/c1-11-6-5-7-12(2)18(11)22-16(25)10-26-20-17-13(3)14(4)27-21(17)24-19(23-20)15-8-9-15/h5-7,15H,8-10H2,1-4H3,(H,22,25). The summed E-state index contributed by atoms with van der Waals surface area (Å²) in [7, 11) is 0. The molecule has 0 unspecified atom stereocenters. The molecule has 0 aliphatic heterocycles. The van der Waals surface area contributed by atoms with E-state index in [4.69, 9.17) is 9.97 Å². The van der Waals surface area contributed by atoms with E-state index in [0.717, 1.165) is 37.9 Å². The Kier molecular flexibility index (Phi) is 4.95. The summed E-state index contributed by atoms with van der Waals surface area (Å²) in [5.41, 5.74) is 4.31. The lowest BCUT2D eigenvalue weighted by Crippen LogP contribution is -2.16. The van der Waals surface area contributed by atoms with Crippen LogP contribution >= 0.6 is 23.1 Å². The fraction of sp³-hybridized carbons (Fsp3) is 0.381. The van der Waals surface area contributed by atoms with Gasteiger partial charge in [0.1, 0.15) is 15.7 Å². The molecule has 2 aromatic heterocycles. The van der Waals surface area contributed by atoms with Crippen LogP contribution in [0.5, 0.6) is 0 Å². The number of rotatable bonds is 5. The average Bonchev–Trinajstić information content (AvgIpc) is 3.43. The highest BCUT2D eigenvalue weighted by atomic mass is 32.2. The number of carbonyl (C=O) groups is 1. The zero-order valence-corrected chi connectivity index (χ0v) is 17.7. The minimum Gasteiger partial charge on any atom is -0.325 e. The highest BCUT2D eigenvalue weighted by molar-refractivity contribution is 8.00. The minimum atomic E-state index is 0.00161. The Balaban J connectivity index is 1.57. The number of para-hydroxylation sites is 1. The number of aromatic nitrogens is 2. The lowest BCUT2D eigenvalue weighted by molar-refractivity contribution is -0.113.